The van der Waals surface area contributed by atoms with Crippen molar-refractivity contribution in [3.05, 3.63) is 24.3 Å². The van der Waals surface area contributed by atoms with Gasteiger partial charge in [-0.05, 0) is 43.5 Å². The molecule has 0 atom stereocenters. The number of likely N-dealkylation sites (N-methyl/N-ethyl adjacent to an activating group) is 1. The minimum atomic E-state index is 0.0306. The lowest BCUT2D eigenvalue weighted by Crippen LogP contribution is -2.34. The second-order valence-corrected chi connectivity index (χ2v) is 4.94. The Labute approximate surface area is 108 Å². The van der Waals surface area contributed by atoms with Gasteiger partial charge >= 0.3 is 0 Å². The smallest absolute Gasteiger partial charge is 0.238 e. The van der Waals surface area contributed by atoms with Crippen molar-refractivity contribution >= 4 is 17.3 Å². The van der Waals surface area contributed by atoms with Gasteiger partial charge in [-0.2, -0.15) is 0 Å². The van der Waals surface area contributed by atoms with Crippen LogP contribution in [0.25, 0.3) is 0 Å². The molecule has 18 heavy (non-hydrogen) atoms. The second kappa shape index (κ2) is 5.87. The van der Waals surface area contributed by atoms with Crippen LogP contribution in [0.1, 0.15) is 19.8 Å². The van der Waals surface area contributed by atoms with Crippen LogP contribution in [0.5, 0.6) is 0 Å². The third-order valence-electron chi connectivity index (χ3n) is 3.20. The molecule has 1 amide bonds. The summed E-state index contributed by atoms with van der Waals surface area (Å²) in [4.78, 5) is 14.1. The van der Waals surface area contributed by atoms with E-state index in [0.29, 0.717) is 12.2 Å². The van der Waals surface area contributed by atoms with Crippen molar-refractivity contribution in [2.75, 3.05) is 30.7 Å². The van der Waals surface area contributed by atoms with E-state index in [1.165, 1.54) is 12.8 Å². The van der Waals surface area contributed by atoms with Gasteiger partial charge < -0.3 is 11.1 Å². The maximum absolute atomic E-state index is 11.9. The van der Waals surface area contributed by atoms with Crippen LogP contribution in [0.2, 0.25) is 0 Å². The summed E-state index contributed by atoms with van der Waals surface area (Å²) in [7, 11) is 0. The summed E-state index contributed by atoms with van der Waals surface area (Å²) in [5.74, 6) is 0.841. The molecule has 0 spiro atoms. The van der Waals surface area contributed by atoms with E-state index in [2.05, 4.69) is 17.1 Å². The van der Waals surface area contributed by atoms with Gasteiger partial charge in [0.15, 0.2) is 0 Å². The summed E-state index contributed by atoms with van der Waals surface area (Å²) in [5, 5.41) is 2.88. The lowest BCUT2D eigenvalue weighted by Gasteiger charge is -2.19. The summed E-state index contributed by atoms with van der Waals surface area (Å²) in [5.41, 5.74) is 7.11. The summed E-state index contributed by atoms with van der Waals surface area (Å²) in [6.07, 6.45) is 2.63. The molecule has 0 unspecified atom stereocenters. The third-order valence-corrected chi connectivity index (χ3v) is 3.20. The van der Waals surface area contributed by atoms with E-state index in [1.807, 2.05) is 12.1 Å². The Bertz CT molecular complexity index is 415. The van der Waals surface area contributed by atoms with E-state index in [-0.39, 0.29) is 5.91 Å². The Morgan fingerprint density at radius 2 is 2.28 bits per heavy atom. The topological polar surface area (TPSA) is 58.4 Å². The third kappa shape index (κ3) is 4.04. The van der Waals surface area contributed by atoms with E-state index in [1.54, 1.807) is 12.1 Å². The van der Waals surface area contributed by atoms with E-state index >= 15 is 0 Å². The molecule has 0 aliphatic heterocycles. The molecule has 1 fully saturated rings. The first-order valence-corrected chi connectivity index (χ1v) is 6.55. The molecule has 0 saturated heterocycles. The van der Waals surface area contributed by atoms with Crippen molar-refractivity contribution in [1.29, 1.82) is 0 Å². The Kier molecular flexibility index (Phi) is 4.20. The van der Waals surface area contributed by atoms with Crippen LogP contribution in [-0.4, -0.2) is 30.4 Å². The van der Waals surface area contributed by atoms with Gasteiger partial charge in [-0.3, -0.25) is 9.69 Å². The Morgan fingerprint density at radius 3 is 2.89 bits per heavy atom. The zero-order valence-electron chi connectivity index (χ0n) is 10.9. The van der Waals surface area contributed by atoms with Crippen molar-refractivity contribution in [2.24, 2.45) is 5.92 Å². The highest BCUT2D eigenvalue weighted by molar-refractivity contribution is 5.92. The van der Waals surface area contributed by atoms with Crippen LogP contribution in [0, 0.1) is 5.92 Å². The first kappa shape index (κ1) is 12.9. The maximum Gasteiger partial charge on any atom is 0.238 e. The van der Waals surface area contributed by atoms with Crippen LogP contribution >= 0.6 is 0 Å². The zero-order chi connectivity index (χ0) is 13.0. The second-order valence-electron chi connectivity index (χ2n) is 4.94. The van der Waals surface area contributed by atoms with Crippen molar-refractivity contribution in [3.63, 3.8) is 0 Å². The summed E-state index contributed by atoms with van der Waals surface area (Å²) < 4.78 is 0. The lowest BCUT2D eigenvalue weighted by molar-refractivity contribution is -0.117. The van der Waals surface area contributed by atoms with Gasteiger partial charge in [0, 0.05) is 17.9 Å². The number of nitrogen functional groups attached to an aromatic ring is 1. The van der Waals surface area contributed by atoms with E-state index < -0.39 is 0 Å². The highest BCUT2D eigenvalue weighted by Gasteiger charge is 2.24. The molecule has 0 radical (unpaired) electrons. The minimum Gasteiger partial charge on any atom is -0.399 e. The van der Waals surface area contributed by atoms with Gasteiger partial charge in [0.25, 0.3) is 0 Å². The van der Waals surface area contributed by atoms with Crippen LogP contribution in [0.15, 0.2) is 24.3 Å². The molecule has 0 heterocycles. The number of hydrogen-bond acceptors (Lipinski definition) is 3. The molecule has 1 saturated carbocycles. The average Bonchev–Trinajstić information content (AvgIpc) is 3.12. The monoisotopic (exact) mass is 247 g/mol. The molecular weight excluding hydrogens is 226 g/mol. The fourth-order valence-corrected chi connectivity index (χ4v) is 1.99. The molecule has 3 N–H and O–H groups in total. The number of nitrogens with two attached hydrogens (primary N) is 1. The fourth-order valence-electron chi connectivity index (χ4n) is 1.99. The van der Waals surface area contributed by atoms with Crippen molar-refractivity contribution in [2.45, 2.75) is 19.8 Å². The Hall–Kier alpha value is -1.55. The van der Waals surface area contributed by atoms with Crippen LogP contribution < -0.4 is 11.1 Å². The molecule has 98 valence electrons. The predicted molar refractivity (Wildman–Crippen MR) is 74.3 cm³/mol. The number of benzene rings is 1. The highest BCUT2D eigenvalue weighted by Crippen LogP contribution is 2.29. The first-order chi connectivity index (χ1) is 8.67. The maximum atomic E-state index is 11.9. The number of hydrogen-bond donors (Lipinski definition) is 2. The number of amides is 1. The van der Waals surface area contributed by atoms with Crippen molar-refractivity contribution < 1.29 is 4.79 Å². The number of carbonyl (C=O) groups excluding carboxylic acids is 1. The SMILES string of the molecule is CCN(CC(=O)Nc1cccc(N)c1)CC1CC1. The van der Waals surface area contributed by atoms with Crippen LogP contribution in [-0.2, 0) is 4.79 Å². The zero-order valence-corrected chi connectivity index (χ0v) is 10.9. The summed E-state index contributed by atoms with van der Waals surface area (Å²) in [6, 6.07) is 7.27. The summed E-state index contributed by atoms with van der Waals surface area (Å²) >= 11 is 0. The molecule has 4 heteroatoms. The number of nitrogens with one attached hydrogen (secondary N) is 1. The van der Waals surface area contributed by atoms with Gasteiger partial charge in [-0.25, -0.2) is 0 Å². The quantitative estimate of drug-likeness (QED) is 0.755. The average molecular weight is 247 g/mol. The molecule has 0 aromatic heterocycles. The van der Waals surface area contributed by atoms with E-state index in [0.717, 1.165) is 24.7 Å². The van der Waals surface area contributed by atoms with Gasteiger partial charge in [0.05, 0.1) is 6.54 Å². The molecule has 0 bridgehead atoms. The van der Waals surface area contributed by atoms with Gasteiger partial charge in [-0.1, -0.05) is 13.0 Å². The molecule has 1 aliphatic carbocycles. The van der Waals surface area contributed by atoms with Gasteiger partial charge in [-0.15, -0.1) is 0 Å². The standard InChI is InChI=1S/C14H21N3O/c1-2-17(9-11-6-7-11)10-14(18)16-13-5-3-4-12(15)8-13/h3-5,8,11H,2,6-7,9-10,15H2,1H3,(H,16,18). The minimum absolute atomic E-state index is 0.0306. The van der Waals surface area contributed by atoms with Crippen molar-refractivity contribution in [3.8, 4) is 0 Å². The molecular formula is C14H21N3O. The normalized spacial score (nSPS) is 14.8. The molecule has 1 aromatic rings. The van der Waals surface area contributed by atoms with Gasteiger partial charge in [0.1, 0.15) is 0 Å². The Balaban J connectivity index is 1.83. The van der Waals surface area contributed by atoms with Crippen LogP contribution in [0.3, 0.4) is 0 Å². The number of carbonyl (C=O) groups is 1. The molecule has 4 nitrogen and oxygen atoms in total. The predicted octanol–water partition coefficient (Wildman–Crippen LogP) is 1.94. The first-order valence-electron chi connectivity index (χ1n) is 6.55. The number of rotatable bonds is 6. The van der Waals surface area contributed by atoms with Crippen molar-refractivity contribution in [1.82, 2.24) is 4.90 Å². The molecule has 2 rings (SSSR count). The largest absolute Gasteiger partial charge is 0.399 e. The number of nitrogens with zero attached hydrogens (tertiary/aromatic N) is 1. The van der Waals surface area contributed by atoms with E-state index in [9.17, 15) is 4.79 Å². The molecule has 1 aliphatic rings. The molecule has 1 aromatic carbocycles. The number of anilines is 2. The Morgan fingerprint density at radius 1 is 1.50 bits per heavy atom. The van der Waals surface area contributed by atoms with E-state index in [4.69, 9.17) is 5.73 Å². The highest BCUT2D eigenvalue weighted by atomic mass is 16.2. The van der Waals surface area contributed by atoms with Crippen LogP contribution in [0.4, 0.5) is 11.4 Å². The fraction of sp³-hybridized carbons (Fsp3) is 0.500. The van der Waals surface area contributed by atoms with Gasteiger partial charge in [0.2, 0.25) is 5.91 Å². The summed E-state index contributed by atoms with van der Waals surface area (Å²) in [6.45, 7) is 4.51. The lowest BCUT2D eigenvalue weighted by atomic mass is 10.3.